The first-order valence-corrected chi connectivity index (χ1v) is 18.8. The Morgan fingerprint density at radius 3 is 1.73 bits per heavy atom. The zero-order chi connectivity index (χ0) is 36.8. The number of rotatable bonds is 5. The topological polar surface area (TPSA) is 0 Å². The van der Waals surface area contributed by atoms with E-state index in [1.807, 2.05) is 13.8 Å². The highest BCUT2D eigenvalue weighted by Gasteiger charge is 2.15. The zero-order valence-electron chi connectivity index (χ0n) is 32.3. The average Bonchev–Trinajstić information content (AvgIpc) is 3.17. The van der Waals surface area contributed by atoms with E-state index in [9.17, 15) is 0 Å². The van der Waals surface area contributed by atoms with Crippen LogP contribution >= 0.6 is 0 Å². The first-order chi connectivity index (χ1) is 24.9. The minimum atomic E-state index is 0. The van der Waals surface area contributed by atoms with Gasteiger partial charge in [0.1, 0.15) is 0 Å². The smallest absolute Gasteiger partial charge is 0.00732 e. The lowest BCUT2D eigenvalue weighted by Crippen LogP contribution is -1.96. The maximum atomic E-state index is 2.40. The van der Waals surface area contributed by atoms with E-state index < -0.39 is 0 Å². The third-order valence-electron chi connectivity index (χ3n) is 9.09. The molecule has 7 rings (SSSR count). The molecule has 0 atom stereocenters. The summed E-state index contributed by atoms with van der Waals surface area (Å²) in [7, 11) is 0. The van der Waals surface area contributed by atoms with Gasteiger partial charge in [-0.15, -0.1) is 0 Å². The molecule has 0 bridgehead atoms. The van der Waals surface area contributed by atoms with E-state index in [-0.39, 0.29) is 7.43 Å². The summed E-state index contributed by atoms with van der Waals surface area (Å²) in [6.07, 6.45) is 6.66. The van der Waals surface area contributed by atoms with E-state index in [2.05, 4.69) is 200 Å². The molecular formula is C52H60. The molecule has 0 aliphatic rings. The average molecular weight is 685 g/mol. The summed E-state index contributed by atoms with van der Waals surface area (Å²) in [4.78, 5) is 0. The molecule has 0 amide bonds. The van der Waals surface area contributed by atoms with Crippen LogP contribution in [0.2, 0.25) is 0 Å². The van der Waals surface area contributed by atoms with Crippen molar-refractivity contribution in [1.29, 1.82) is 0 Å². The van der Waals surface area contributed by atoms with Gasteiger partial charge in [0.15, 0.2) is 0 Å². The normalized spacial score (nSPS) is 10.3. The first kappa shape index (κ1) is 41.2. The molecule has 0 heterocycles. The summed E-state index contributed by atoms with van der Waals surface area (Å²) in [5, 5.41) is 5.28. The third-order valence-corrected chi connectivity index (χ3v) is 9.09. The molecule has 268 valence electrons. The molecule has 0 heteroatoms. The predicted molar refractivity (Wildman–Crippen MR) is 237 cm³/mol. The minimum absolute atomic E-state index is 0. The van der Waals surface area contributed by atoms with Crippen molar-refractivity contribution in [2.75, 3.05) is 0 Å². The third kappa shape index (κ3) is 9.56. The lowest BCUT2D eigenvalue weighted by molar-refractivity contribution is 1.09. The van der Waals surface area contributed by atoms with Crippen LogP contribution in [0.5, 0.6) is 0 Å². The van der Waals surface area contributed by atoms with Crippen LogP contribution in [0.4, 0.5) is 0 Å². The second-order valence-corrected chi connectivity index (χ2v) is 12.8. The fourth-order valence-electron chi connectivity index (χ4n) is 6.74. The SMILES string of the molecule is C.C/C=C\c1c(-c2ccccc2)ccc(-c2ccc3ccc(C)c(-c4ccccc4C)c3c2)c1CC.CC.CCC.Cc1cccc2ccccc12. The van der Waals surface area contributed by atoms with Crippen molar-refractivity contribution in [3.8, 4) is 33.4 Å². The van der Waals surface area contributed by atoms with Gasteiger partial charge in [0.25, 0.3) is 0 Å². The fraction of sp³-hybridized carbons (Fsp3) is 0.231. The van der Waals surface area contributed by atoms with Gasteiger partial charge in [0.05, 0.1) is 0 Å². The number of benzene rings is 7. The number of fused-ring (bicyclic) bond motifs is 2. The molecule has 0 aliphatic heterocycles. The predicted octanol–water partition coefficient (Wildman–Crippen LogP) is 16.3. The van der Waals surface area contributed by atoms with Gasteiger partial charge in [-0.3, -0.25) is 0 Å². The molecular weight excluding hydrogens is 625 g/mol. The molecule has 0 saturated heterocycles. The van der Waals surface area contributed by atoms with E-state index in [1.165, 1.54) is 89.2 Å². The van der Waals surface area contributed by atoms with Gasteiger partial charge in [-0.05, 0) is 123 Å². The van der Waals surface area contributed by atoms with Gasteiger partial charge in [0.2, 0.25) is 0 Å². The summed E-state index contributed by atoms with van der Waals surface area (Å²) in [6, 6.07) is 50.4. The van der Waals surface area contributed by atoms with E-state index in [4.69, 9.17) is 0 Å². The van der Waals surface area contributed by atoms with Crippen molar-refractivity contribution in [2.24, 2.45) is 0 Å². The van der Waals surface area contributed by atoms with Crippen LogP contribution in [-0.4, -0.2) is 0 Å². The van der Waals surface area contributed by atoms with Gasteiger partial charge in [0, 0.05) is 0 Å². The maximum Gasteiger partial charge on any atom is -0.00732 e. The Morgan fingerprint density at radius 2 is 1.06 bits per heavy atom. The monoisotopic (exact) mass is 684 g/mol. The van der Waals surface area contributed by atoms with Crippen molar-refractivity contribution < 1.29 is 0 Å². The molecule has 7 aromatic carbocycles. The van der Waals surface area contributed by atoms with Crippen molar-refractivity contribution in [3.63, 3.8) is 0 Å². The summed E-state index contributed by atoms with van der Waals surface area (Å²) in [5.41, 5.74) is 14.5. The number of aryl methyl sites for hydroxylation is 3. The van der Waals surface area contributed by atoms with E-state index >= 15 is 0 Å². The molecule has 52 heavy (non-hydrogen) atoms. The van der Waals surface area contributed by atoms with Crippen LogP contribution in [-0.2, 0) is 6.42 Å². The summed E-state index contributed by atoms with van der Waals surface area (Å²) in [5.74, 6) is 0. The van der Waals surface area contributed by atoms with Crippen molar-refractivity contribution in [1.82, 2.24) is 0 Å². The first-order valence-electron chi connectivity index (χ1n) is 18.8. The van der Waals surface area contributed by atoms with Gasteiger partial charge >= 0.3 is 0 Å². The van der Waals surface area contributed by atoms with Crippen molar-refractivity contribution >= 4 is 27.6 Å². The molecule has 0 radical (unpaired) electrons. The minimum Gasteiger partial charge on any atom is -0.0870 e. The molecule has 0 nitrogen and oxygen atoms in total. The van der Waals surface area contributed by atoms with Gasteiger partial charge < -0.3 is 0 Å². The molecule has 0 aliphatic carbocycles. The Balaban J connectivity index is 0.000000357. The Kier molecular flexibility index (Phi) is 16.3. The van der Waals surface area contributed by atoms with Crippen LogP contribution in [0.1, 0.15) is 83.2 Å². The molecule has 0 N–H and O–H groups in total. The van der Waals surface area contributed by atoms with Crippen LogP contribution < -0.4 is 0 Å². The largest absolute Gasteiger partial charge is 0.0870 e. The molecule has 0 unspecified atom stereocenters. The molecule has 0 spiro atoms. The highest BCUT2D eigenvalue weighted by atomic mass is 14.2. The number of hydrogen-bond acceptors (Lipinski definition) is 0. The summed E-state index contributed by atoms with van der Waals surface area (Å²) >= 11 is 0. The number of hydrogen-bond donors (Lipinski definition) is 0. The van der Waals surface area contributed by atoms with E-state index in [1.54, 1.807) is 0 Å². The van der Waals surface area contributed by atoms with E-state index in [0.29, 0.717) is 0 Å². The van der Waals surface area contributed by atoms with Gasteiger partial charge in [-0.25, -0.2) is 0 Å². The standard InChI is InChI=1S/C35H32.C11H10.C3H8.C2H6.CH4/c1-5-12-33-29(6-2)32(22-21-31(33)26-14-8-7-9-15-26)28-20-19-27-18-17-25(4)35(34(27)23-28)30-16-11-10-13-24(30)3;1-9-5-4-7-10-6-2-3-8-11(9)10;1-3-2;1-2;/h5,7-23H,6H2,1-4H3;2-8H,1H3;3H2,1-2H3;1-2H3;1H4/b12-5-;;;;. The lowest BCUT2D eigenvalue weighted by atomic mass is 9.86. The van der Waals surface area contributed by atoms with Crippen molar-refractivity contribution in [3.05, 3.63) is 173 Å². The Bertz CT molecular complexity index is 2170. The van der Waals surface area contributed by atoms with Crippen LogP contribution in [0, 0.1) is 20.8 Å². The Labute approximate surface area is 315 Å². The van der Waals surface area contributed by atoms with Gasteiger partial charge in [-0.1, -0.05) is 194 Å². The molecule has 0 aromatic heterocycles. The van der Waals surface area contributed by atoms with Crippen LogP contribution in [0.25, 0.3) is 61.0 Å². The second kappa shape index (κ2) is 20.6. The van der Waals surface area contributed by atoms with E-state index in [0.717, 1.165) is 6.42 Å². The van der Waals surface area contributed by atoms with Crippen LogP contribution in [0.15, 0.2) is 146 Å². The Morgan fingerprint density at radius 1 is 0.481 bits per heavy atom. The summed E-state index contributed by atoms with van der Waals surface area (Å²) in [6.45, 7) is 19.2. The molecule has 0 fully saturated rings. The quantitative estimate of drug-likeness (QED) is 0.169. The molecule has 7 aromatic rings. The van der Waals surface area contributed by atoms with Crippen LogP contribution in [0.3, 0.4) is 0 Å². The molecule has 0 saturated carbocycles. The zero-order valence-corrected chi connectivity index (χ0v) is 32.3. The summed E-state index contributed by atoms with van der Waals surface area (Å²) < 4.78 is 0. The highest BCUT2D eigenvalue weighted by Crippen LogP contribution is 2.39. The maximum absolute atomic E-state index is 2.40. The Hall–Kier alpha value is -5.20. The number of allylic oxidation sites excluding steroid dienone is 1. The van der Waals surface area contributed by atoms with Gasteiger partial charge in [-0.2, -0.15) is 0 Å². The second-order valence-electron chi connectivity index (χ2n) is 12.8. The highest BCUT2D eigenvalue weighted by molar-refractivity contribution is 6.01. The fourth-order valence-corrected chi connectivity index (χ4v) is 6.74. The van der Waals surface area contributed by atoms with Crippen molar-refractivity contribution in [2.45, 2.75) is 82.6 Å². The lowest BCUT2D eigenvalue weighted by Gasteiger charge is -2.18.